The molecule has 1 rings (SSSR count). The lowest BCUT2D eigenvalue weighted by Gasteiger charge is -2.38. The van der Waals surface area contributed by atoms with Crippen LogP contribution in [0.5, 0.6) is 0 Å². The number of unbranched alkanes of at least 4 members (excludes halogenated alkanes) is 10. The molecule has 1 saturated heterocycles. The van der Waals surface area contributed by atoms with Crippen LogP contribution in [0.4, 0.5) is 0 Å². The van der Waals surface area contributed by atoms with Crippen molar-refractivity contribution in [2.45, 2.75) is 192 Å². The average Bonchev–Trinajstić information content (AvgIpc) is 3.26. The van der Waals surface area contributed by atoms with Crippen LogP contribution in [0.1, 0.15) is 155 Å². The molecule has 62 heavy (non-hydrogen) atoms. The van der Waals surface area contributed by atoms with Gasteiger partial charge < -0.3 is 39.4 Å². The smallest absolute Gasteiger partial charge is 0.335 e. The molecule has 11 heteroatoms. The summed E-state index contributed by atoms with van der Waals surface area (Å²) in [7, 11) is 0. The number of hydrogen-bond acceptors (Lipinski definition) is 10. The van der Waals surface area contributed by atoms with E-state index < -0.39 is 61.3 Å². The summed E-state index contributed by atoms with van der Waals surface area (Å²) in [6.45, 7) is 3.54. The largest absolute Gasteiger partial charge is 0.479 e. The summed E-state index contributed by atoms with van der Waals surface area (Å²) in [4.78, 5) is 36.9. The molecule has 6 atom stereocenters. The van der Waals surface area contributed by atoms with Crippen LogP contribution in [0.3, 0.4) is 0 Å². The van der Waals surface area contributed by atoms with Crippen molar-refractivity contribution in [1.82, 2.24) is 0 Å². The van der Waals surface area contributed by atoms with Crippen molar-refractivity contribution in [2.75, 3.05) is 13.2 Å². The third-order valence-electron chi connectivity index (χ3n) is 9.93. The average molecular weight is 869 g/mol. The maximum atomic E-state index is 12.8. The minimum atomic E-state index is -1.87. The van der Waals surface area contributed by atoms with Crippen molar-refractivity contribution in [3.63, 3.8) is 0 Å². The lowest BCUT2D eigenvalue weighted by Crippen LogP contribution is -2.60. The monoisotopic (exact) mass is 869 g/mol. The van der Waals surface area contributed by atoms with Gasteiger partial charge in [0, 0.05) is 12.8 Å². The van der Waals surface area contributed by atoms with Crippen LogP contribution in [0, 0.1) is 0 Å². The van der Waals surface area contributed by atoms with E-state index in [0.717, 1.165) is 116 Å². The summed E-state index contributed by atoms with van der Waals surface area (Å²) >= 11 is 0. The fraction of sp³-hybridized carbons (Fsp3) is 0.627. The third-order valence-corrected chi connectivity index (χ3v) is 9.93. The molecule has 4 N–H and O–H groups in total. The minimum absolute atomic E-state index is 0.145. The number of carboxylic acids is 1. The summed E-state index contributed by atoms with van der Waals surface area (Å²) in [5, 5.41) is 39.9. The van der Waals surface area contributed by atoms with Gasteiger partial charge in [0.15, 0.2) is 18.5 Å². The molecule has 0 amide bonds. The van der Waals surface area contributed by atoms with Crippen LogP contribution >= 0.6 is 0 Å². The first kappa shape index (κ1) is 56.1. The predicted octanol–water partition coefficient (Wildman–Crippen LogP) is 10.4. The van der Waals surface area contributed by atoms with E-state index in [-0.39, 0.29) is 19.4 Å². The number of rotatable bonds is 37. The molecular weight excluding hydrogens is 789 g/mol. The van der Waals surface area contributed by atoms with Gasteiger partial charge in [-0.05, 0) is 89.9 Å². The van der Waals surface area contributed by atoms with Gasteiger partial charge >= 0.3 is 17.9 Å². The normalized spacial score (nSPS) is 20.4. The highest BCUT2D eigenvalue weighted by Gasteiger charge is 2.47. The van der Waals surface area contributed by atoms with Crippen molar-refractivity contribution in [1.29, 1.82) is 0 Å². The Labute approximate surface area is 373 Å². The first-order valence-corrected chi connectivity index (χ1v) is 23.3. The van der Waals surface area contributed by atoms with Gasteiger partial charge in [-0.3, -0.25) is 9.59 Å². The molecule has 350 valence electrons. The second-order valence-corrected chi connectivity index (χ2v) is 15.5. The van der Waals surface area contributed by atoms with E-state index in [4.69, 9.17) is 18.9 Å². The molecule has 0 aromatic heterocycles. The van der Waals surface area contributed by atoms with Gasteiger partial charge in [0.25, 0.3) is 0 Å². The van der Waals surface area contributed by atoms with Gasteiger partial charge in [-0.25, -0.2) is 4.79 Å². The molecule has 1 heterocycles. The molecule has 0 aromatic rings. The Hall–Kier alpha value is -3.87. The first-order chi connectivity index (χ1) is 30.2. The Bertz CT molecular complexity index is 1390. The summed E-state index contributed by atoms with van der Waals surface area (Å²) in [5.41, 5.74) is 0. The van der Waals surface area contributed by atoms with Gasteiger partial charge in [0.2, 0.25) is 0 Å². The highest BCUT2D eigenvalue weighted by molar-refractivity contribution is 5.73. The predicted molar refractivity (Wildman–Crippen MR) is 247 cm³/mol. The van der Waals surface area contributed by atoms with Gasteiger partial charge in [0.1, 0.15) is 24.9 Å². The molecule has 0 bridgehead atoms. The molecule has 0 aliphatic carbocycles. The number of hydrogen-bond donors (Lipinski definition) is 4. The van der Waals surface area contributed by atoms with Crippen LogP contribution in [0.15, 0.2) is 97.2 Å². The number of allylic oxidation sites excluding steroid dienone is 16. The molecular formula is C51H80O11. The SMILES string of the molecule is CC/C=C\C/C=C\C/C=C\C/C=C\CCCCCCCCC(=O)OCC(COC1OC(C(=O)O)C(O)C(O)C1O)OC(=O)CCCCCC/C=C\C/C=C\C/C=C\C/C=C\CC. The van der Waals surface area contributed by atoms with Crippen LogP contribution < -0.4 is 0 Å². The lowest BCUT2D eigenvalue weighted by molar-refractivity contribution is -0.298. The van der Waals surface area contributed by atoms with Gasteiger partial charge in [-0.2, -0.15) is 0 Å². The minimum Gasteiger partial charge on any atom is -0.479 e. The van der Waals surface area contributed by atoms with Crippen LogP contribution in [-0.4, -0.2) is 88.4 Å². The molecule has 1 fully saturated rings. The first-order valence-electron chi connectivity index (χ1n) is 23.3. The Morgan fingerprint density at radius 2 is 0.903 bits per heavy atom. The Morgan fingerprint density at radius 1 is 0.500 bits per heavy atom. The lowest BCUT2D eigenvalue weighted by atomic mass is 9.99. The summed E-state index contributed by atoms with van der Waals surface area (Å²) in [5.74, 6) is -2.51. The van der Waals surface area contributed by atoms with Crippen LogP contribution in [0.25, 0.3) is 0 Å². The quantitative estimate of drug-likeness (QED) is 0.0266. The second kappa shape index (κ2) is 39.9. The van der Waals surface area contributed by atoms with E-state index in [2.05, 4.69) is 111 Å². The zero-order valence-electron chi connectivity index (χ0n) is 37.8. The van der Waals surface area contributed by atoms with Crippen LogP contribution in [0.2, 0.25) is 0 Å². The molecule has 0 radical (unpaired) electrons. The summed E-state index contributed by atoms with van der Waals surface area (Å²) in [6, 6.07) is 0. The fourth-order valence-electron chi connectivity index (χ4n) is 6.33. The third kappa shape index (κ3) is 31.0. The standard InChI is InChI=1S/C51H80O11/c1-3-5-7-9-11-13-15-17-19-21-22-24-25-27-29-31-33-35-37-39-44(52)59-41-43(42-60-51-48(56)46(54)47(55)49(62-51)50(57)58)61-45(53)40-38-36-34-32-30-28-26-23-20-18-16-14-12-10-8-6-4-2/h5-8,11-14,17-20,22,24,26,28,43,46-49,51,54-56H,3-4,9-10,15-16,21,23,25,27,29-42H2,1-2H3,(H,57,58)/b7-5-,8-6-,13-11-,14-12-,19-17-,20-18-,24-22-,28-26-. The number of carboxylic acid groups (broad SMARTS) is 1. The van der Waals surface area contributed by atoms with Crippen molar-refractivity contribution >= 4 is 17.9 Å². The number of carbonyl (C=O) groups excluding carboxylic acids is 2. The van der Waals surface area contributed by atoms with E-state index in [1.54, 1.807) is 0 Å². The Morgan fingerprint density at radius 3 is 1.35 bits per heavy atom. The molecule has 1 aliphatic rings. The highest BCUT2D eigenvalue weighted by Crippen LogP contribution is 2.23. The molecule has 1 aliphatic heterocycles. The topological polar surface area (TPSA) is 169 Å². The molecule has 6 unspecified atom stereocenters. The van der Waals surface area contributed by atoms with Gasteiger partial charge in [-0.15, -0.1) is 0 Å². The Balaban J connectivity index is 2.39. The van der Waals surface area contributed by atoms with E-state index in [1.165, 1.54) is 0 Å². The Kier molecular flexibility index (Phi) is 36.2. The van der Waals surface area contributed by atoms with E-state index in [0.29, 0.717) is 12.8 Å². The molecule has 0 spiro atoms. The van der Waals surface area contributed by atoms with Gasteiger partial charge in [-0.1, -0.05) is 150 Å². The second-order valence-electron chi connectivity index (χ2n) is 15.5. The summed E-state index contributed by atoms with van der Waals surface area (Å²) < 4.78 is 21.7. The fourth-order valence-corrected chi connectivity index (χ4v) is 6.33. The van der Waals surface area contributed by atoms with E-state index >= 15 is 0 Å². The summed E-state index contributed by atoms with van der Waals surface area (Å²) in [6.07, 6.45) is 44.5. The van der Waals surface area contributed by atoms with Crippen molar-refractivity contribution in [2.24, 2.45) is 0 Å². The highest BCUT2D eigenvalue weighted by atomic mass is 16.7. The number of aliphatic carboxylic acids is 1. The van der Waals surface area contributed by atoms with Crippen molar-refractivity contribution in [3.8, 4) is 0 Å². The molecule has 0 aromatic carbocycles. The van der Waals surface area contributed by atoms with E-state index in [1.807, 2.05) is 0 Å². The number of aliphatic hydroxyl groups is 3. The zero-order valence-corrected chi connectivity index (χ0v) is 37.8. The number of aliphatic hydroxyl groups excluding tert-OH is 3. The number of esters is 2. The van der Waals surface area contributed by atoms with Crippen molar-refractivity contribution in [3.05, 3.63) is 97.2 Å². The van der Waals surface area contributed by atoms with Crippen LogP contribution in [-0.2, 0) is 33.3 Å². The van der Waals surface area contributed by atoms with Crippen molar-refractivity contribution < 1.29 is 53.8 Å². The molecule has 0 saturated carbocycles. The van der Waals surface area contributed by atoms with E-state index in [9.17, 15) is 34.8 Å². The number of ether oxygens (including phenoxy) is 4. The molecule has 11 nitrogen and oxygen atoms in total. The maximum Gasteiger partial charge on any atom is 0.335 e. The number of carbonyl (C=O) groups is 3. The maximum absolute atomic E-state index is 12.8. The zero-order chi connectivity index (χ0) is 45.3. The van der Waals surface area contributed by atoms with Gasteiger partial charge in [0.05, 0.1) is 6.61 Å².